The Kier molecular flexibility index (Phi) is 6.10. The Morgan fingerprint density at radius 3 is 2.24 bits per heavy atom. The molecule has 17 heavy (non-hydrogen) atoms. The first-order valence-corrected chi connectivity index (χ1v) is 7.76. The van der Waals surface area contributed by atoms with Crippen LogP contribution in [-0.2, 0) is 0 Å². The molecule has 0 aromatic heterocycles. The summed E-state index contributed by atoms with van der Waals surface area (Å²) in [5.41, 5.74) is 0. The zero-order chi connectivity index (χ0) is 13.0. The first-order valence-electron chi connectivity index (χ1n) is 7.76. The summed E-state index contributed by atoms with van der Waals surface area (Å²) in [6.45, 7) is 11.7. The highest BCUT2D eigenvalue weighted by molar-refractivity contribution is 6.11. The Bertz CT molecular complexity index is 210. The molecule has 1 fully saturated rings. The van der Waals surface area contributed by atoms with Crippen LogP contribution >= 0.6 is 0 Å². The van der Waals surface area contributed by atoms with Crippen molar-refractivity contribution < 1.29 is 0 Å². The molecule has 0 aromatic rings. The normalized spacial score (nSPS) is 30.6. The molecular weight excluding hydrogens is 203 g/mol. The zero-order valence-electron chi connectivity index (χ0n) is 12.6. The van der Waals surface area contributed by atoms with Crippen molar-refractivity contribution in [2.75, 3.05) is 0 Å². The molecule has 6 atom stereocenters. The van der Waals surface area contributed by atoms with Gasteiger partial charge in [-0.3, -0.25) is 0 Å². The Labute approximate surface area is 110 Å². The molecule has 1 aliphatic rings. The van der Waals surface area contributed by atoms with E-state index in [1.165, 1.54) is 32.1 Å². The van der Waals surface area contributed by atoms with E-state index in [-0.39, 0.29) is 0 Å². The molecule has 0 saturated heterocycles. The molecule has 0 spiro atoms. The summed E-state index contributed by atoms with van der Waals surface area (Å²) in [5.74, 6) is 4.66. The molecule has 0 bridgehead atoms. The molecule has 0 aliphatic heterocycles. The second-order valence-electron chi connectivity index (χ2n) is 6.63. The third kappa shape index (κ3) is 4.34. The van der Waals surface area contributed by atoms with Gasteiger partial charge in [0.1, 0.15) is 0 Å². The van der Waals surface area contributed by atoms with E-state index in [1.807, 2.05) is 0 Å². The van der Waals surface area contributed by atoms with Gasteiger partial charge >= 0.3 is 0 Å². The number of hydrogen-bond donors (Lipinski definition) is 0. The molecule has 1 rings (SSSR count). The third-order valence-corrected chi connectivity index (χ3v) is 4.92. The summed E-state index contributed by atoms with van der Waals surface area (Å²) in [6.07, 6.45) is 6.56. The van der Waals surface area contributed by atoms with Gasteiger partial charge in [0.05, 0.1) is 7.85 Å². The van der Waals surface area contributed by atoms with Crippen LogP contribution in [0.1, 0.15) is 66.7 Å². The monoisotopic (exact) mass is 234 g/mol. The van der Waals surface area contributed by atoms with E-state index >= 15 is 0 Å². The minimum Gasteiger partial charge on any atom is -0.0738 e. The van der Waals surface area contributed by atoms with Crippen LogP contribution in [-0.4, -0.2) is 7.85 Å². The first-order chi connectivity index (χ1) is 8.01. The van der Waals surface area contributed by atoms with Crippen molar-refractivity contribution in [2.24, 2.45) is 29.6 Å². The SMILES string of the molecule is [B]C(CC(C)CCC)C(C(C)CC)C1CC1C. The van der Waals surface area contributed by atoms with Crippen LogP contribution < -0.4 is 0 Å². The van der Waals surface area contributed by atoms with Crippen LogP contribution in [0.2, 0.25) is 5.82 Å². The van der Waals surface area contributed by atoms with E-state index in [4.69, 9.17) is 7.85 Å². The Morgan fingerprint density at radius 1 is 1.24 bits per heavy atom. The summed E-state index contributed by atoms with van der Waals surface area (Å²) >= 11 is 0. The van der Waals surface area contributed by atoms with Crippen molar-refractivity contribution >= 4 is 7.85 Å². The van der Waals surface area contributed by atoms with Gasteiger partial charge < -0.3 is 0 Å². The van der Waals surface area contributed by atoms with E-state index in [9.17, 15) is 0 Å². The van der Waals surface area contributed by atoms with Crippen LogP contribution in [0.25, 0.3) is 0 Å². The van der Waals surface area contributed by atoms with Crippen molar-refractivity contribution in [1.82, 2.24) is 0 Å². The highest BCUT2D eigenvalue weighted by Crippen LogP contribution is 2.52. The maximum atomic E-state index is 6.53. The number of hydrogen-bond acceptors (Lipinski definition) is 0. The maximum Gasteiger partial charge on any atom is 0.0703 e. The van der Waals surface area contributed by atoms with E-state index in [0.717, 1.165) is 29.6 Å². The van der Waals surface area contributed by atoms with Gasteiger partial charge in [0.2, 0.25) is 0 Å². The molecule has 98 valence electrons. The molecule has 6 unspecified atom stereocenters. The summed E-state index contributed by atoms with van der Waals surface area (Å²) in [5, 5.41) is 0. The average Bonchev–Trinajstić information content (AvgIpc) is 2.95. The Balaban J connectivity index is 2.51. The standard InChI is InChI=1S/C16H31B/c1-6-8-11(3)9-15(17)16(12(4)7-2)14-10-13(14)5/h11-16H,6-10H2,1-5H3. The Morgan fingerprint density at radius 2 is 1.82 bits per heavy atom. The first kappa shape index (κ1) is 15.1. The molecule has 2 radical (unpaired) electrons. The minimum absolute atomic E-state index is 0.432. The highest BCUT2D eigenvalue weighted by Gasteiger charge is 2.43. The van der Waals surface area contributed by atoms with Gasteiger partial charge in [0, 0.05) is 0 Å². The van der Waals surface area contributed by atoms with Gasteiger partial charge in [-0.1, -0.05) is 66.1 Å². The highest BCUT2D eigenvalue weighted by atomic mass is 14.5. The van der Waals surface area contributed by atoms with E-state index < -0.39 is 0 Å². The molecule has 1 aliphatic carbocycles. The lowest BCUT2D eigenvalue weighted by molar-refractivity contribution is 0.258. The van der Waals surface area contributed by atoms with Crippen molar-refractivity contribution in [1.29, 1.82) is 0 Å². The summed E-state index contributed by atoms with van der Waals surface area (Å²) in [6, 6.07) is 0. The van der Waals surface area contributed by atoms with Gasteiger partial charge in [-0.05, 0) is 36.0 Å². The molecular formula is C16H31B. The lowest BCUT2D eigenvalue weighted by atomic mass is 9.64. The molecule has 0 amide bonds. The molecule has 1 heteroatoms. The fourth-order valence-corrected chi connectivity index (χ4v) is 3.55. The van der Waals surface area contributed by atoms with Crippen LogP contribution in [0, 0.1) is 29.6 Å². The van der Waals surface area contributed by atoms with Crippen molar-refractivity contribution in [3.05, 3.63) is 0 Å². The lowest BCUT2D eigenvalue weighted by Crippen LogP contribution is -2.22. The van der Waals surface area contributed by atoms with Crippen LogP contribution in [0.3, 0.4) is 0 Å². The molecule has 0 nitrogen and oxygen atoms in total. The van der Waals surface area contributed by atoms with Crippen molar-refractivity contribution in [3.8, 4) is 0 Å². The molecule has 0 heterocycles. The largest absolute Gasteiger partial charge is 0.0738 e. The summed E-state index contributed by atoms with van der Waals surface area (Å²) < 4.78 is 0. The predicted octanol–water partition coefficient (Wildman–Crippen LogP) is 5.09. The number of rotatable bonds is 8. The molecule has 0 N–H and O–H groups in total. The fraction of sp³-hybridized carbons (Fsp3) is 1.00. The smallest absolute Gasteiger partial charge is 0.0703 e. The molecule has 0 aromatic carbocycles. The van der Waals surface area contributed by atoms with E-state index in [0.29, 0.717) is 5.82 Å². The average molecular weight is 234 g/mol. The Hall–Kier alpha value is 0.0649. The zero-order valence-corrected chi connectivity index (χ0v) is 12.6. The van der Waals surface area contributed by atoms with Crippen LogP contribution in [0.5, 0.6) is 0 Å². The topological polar surface area (TPSA) is 0 Å². The second-order valence-corrected chi connectivity index (χ2v) is 6.63. The quantitative estimate of drug-likeness (QED) is 0.513. The molecule has 1 saturated carbocycles. The summed E-state index contributed by atoms with van der Waals surface area (Å²) in [4.78, 5) is 0. The fourth-order valence-electron chi connectivity index (χ4n) is 3.55. The predicted molar refractivity (Wildman–Crippen MR) is 78.4 cm³/mol. The van der Waals surface area contributed by atoms with Gasteiger partial charge in [0.25, 0.3) is 0 Å². The van der Waals surface area contributed by atoms with Crippen molar-refractivity contribution in [2.45, 2.75) is 72.5 Å². The van der Waals surface area contributed by atoms with Crippen LogP contribution in [0.4, 0.5) is 0 Å². The van der Waals surface area contributed by atoms with Gasteiger partial charge in [-0.25, -0.2) is 0 Å². The van der Waals surface area contributed by atoms with E-state index in [1.54, 1.807) is 0 Å². The van der Waals surface area contributed by atoms with E-state index in [2.05, 4.69) is 34.6 Å². The van der Waals surface area contributed by atoms with Gasteiger partial charge in [-0.15, -0.1) is 0 Å². The maximum absolute atomic E-state index is 6.53. The van der Waals surface area contributed by atoms with Crippen LogP contribution in [0.15, 0.2) is 0 Å². The summed E-state index contributed by atoms with van der Waals surface area (Å²) in [7, 11) is 6.53. The minimum atomic E-state index is 0.432. The van der Waals surface area contributed by atoms with Crippen molar-refractivity contribution in [3.63, 3.8) is 0 Å². The van der Waals surface area contributed by atoms with Gasteiger partial charge in [0.15, 0.2) is 0 Å². The second kappa shape index (κ2) is 6.85. The third-order valence-electron chi connectivity index (χ3n) is 4.92. The lowest BCUT2D eigenvalue weighted by Gasteiger charge is -2.32. The van der Waals surface area contributed by atoms with Gasteiger partial charge in [-0.2, -0.15) is 0 Å².